The molecule has 0 N–H and O–H groups in total. The third-order valence-corrected chi connectivity index (χ3v) is 7.00. The predicted molar refractivity (Wildman–Crippen MR) is 142 cm³/mol. The van der Waals surface area contributed by atoms with E-state index in [2.05, 4.69) is 56.9 Å². The van der Waals surface area contributed by atoms with Gasteiger partial charge in [0.25, 0.3) is 0 Å². The first kappa shape index (κ1) is 23.4. The van der Waals surface area contributed by atoms with Crippen LogP contribution in [-0.2, 0) is 6.54 Å². The van der Waals surface area contributed by atoms with E-state index in [1.807, 2.05) is 36.7 Å². The van der Waals surface area contributed by atoms with Crippen molar-refractivity contribution in [2.45, 2.75) is 13.0 Å². The number of hydrogen-bond acceptors (Lipinski definition) is 5. The van der Waals surface area contributed by atoms with Gasteiger partial charge in [-0.1, -0.05) is 24.3 Å². The summed E-state index contributed by atoms with van der Waals surface area (Å²) in [6, 6.07) is 16.6. The zero-order valence-electron chi connectivity index (χ0n) is 20.9. The van der Waals surface area contributed by atoms with Gasteiger partial charge in [-0.05, 0) is 49.8 Å². The number of methoxy groups -OCH3 is 2. The Bertz CT molecular complexity index is 1290. The number of piperazine rings is 1. The van der Waals surface area contributed by atoms with Crippen molar-refractivity contribution in [2.24, 2.45) is 0 Å². The van der Waals surface area contributed by atoms with Gasteiger partial charge in [-0.3, -0.25) is 4.98 Å². The van der Waals surface area contributed by atoms with Crippen LogP contribution in [0.2, 0.25) is 0 Å². The molecule has 1 fully saturated rings. The standard InChI is InChI=1S/C29H34N4O2/c1-31-13-15-32(16-14-31)11-6-12-33-21-27(26-9-5-10-28(35-3)29(26)33)24-17-23(19-30-20-24)22-7-4-8-25(18-22)34-2/h4-5,7-10,17-21H,6,11-16H2,1-3H3. The molecule has 1 aliphatic rings. The number of aryl methyl sites for hydroxylation is 1. The fourth-order valence-electron chi connectivity index (χ4n) is 4.98. The molecule has 35 heavy (non-hydrogen) atoms. The van der Waals surface area contributed by atoms with Crippen LogP contribution in [0.1, 0.15) is 6.42 Å². The molecule has 0 saturated carbocycles. The number of benzene rings is 2. The molecule has 0 unspecified atom stereocenters. The van der Waals surface area contributed by atoms with E-state index in [-0.39, 0.29) is 0 Å². The number of fused-ring (bicyclic) bond motifs is 1. The molecule has 0 bridgehead atoms. The fraction of sp³-hybridized carbons (Fsp3) is 0.345. The maximum Gasteiger partial charge on any atom is 0.143 e. The van der Waals surface area contributed by atoms with Crippen LogP contribution in [0.4, 0.5) is 0 Å². The highest BCUT2D eigenvalue weighted by Crippen LogP contribution is 2.37. The zero-order chi connectivity index (χ0) is 24.2. The summed E-state index contributed by atoms with van der Waals surface area (Å²) >= 11 is 0. The van der Waals surface area contributed by atoms with Gasteiger partial charge >= 0.3 is 0 Å². The predicted octanol–water partition coefficient (Wildman–Crippen LogP) is 5.03. The first-order valence-electron chi connectivity index (χ1n) is 12.3. The maximum atomic E-state index is 5.78. The van der Waals surface area contributed by atoms with Crippen LogP contribution in [0, 0.1) is 0 Å². The van der Waals surface area contributed by atoms with Crippen LogP contribution in [0.3, 0.4) is 0 Å². The molecule has 5 rings (SSSR count). The minimum Gasteiger partial charge on any atom is -0.497 e. The SMILES string of the molecule is COc1cccc(-c2cncc(-c3cn(CCCN4CCN(C)CC4)c4c(OC)cccc34)c2)c1. The molecular weight excluding hydrogens is 436 g/mol. The number of hydrogen-bond donors (Lipinski definition) is 0. The molecule has 0 spiro atoms. The lowest BCUT2D eigenvalue weighted by Crippen LogP contribution is -2.44. The van der Waals surface area contributed by atoms with E-state index < -0.39 is 0 Å². The number of nitrogens with zero attached hydrogens (tertiary/aromatic N) is 4. The average Bonchev–Trinajstić information content (AvgIpc) is 3.29. The van der Waals surface area contributed by atoms with Gasteiger partial charge in [0.2, 0.25) is 0 Å². The Morgan fingerprint density at radius 2 is 1.63 bits per heavy atom. The number of aromatic nitrogens is 2. The van der Waals surface area contributed by atoms with E-state index in [4.69, 9.17) is 9.47 Å². The molecule has 3 heterocycles. The Morgan fingerprint density at radius 1 is 0.829 bits per heavy atom. The second-order valence-electron chi connectivity index (χ2n) is 9.29. The van der Waals surface area contributed by atoms with Crippen LogP contribution in [0.25, 0.3) is 33.2 Å². The summed E-state index contributed by atoms with van der Waals surface area (Å²) in [5.74, 6) is 1.75. The Labute approximate surface area is 207 Å². The van der Waals surface area contributed by atoms with Crippen LogP contribution in [0.15, 0.2) is 67.1 Å². The molecule has 6 heteroatoms. The van der Waals surface area contributed by atoms with Gasteiger partial charge in [0.05, 0.1) is 19.7 Å². The third kappa shape index (κ3) is 5.04. The molecular formula is C29H34N4O2. The molecule has 0 aliphatic carbocycles. The normalized spacial score (nSPS) is 14.9. The summed E-state index contributed by atoms with van der Waals surface area (Å²) in [6.07, 6.45) is 7.23. The first-order chi connectivity index (χ1) is 17.2. The minimum absolute atomic E-state index is 0.842. The molecule has 6 nitrogen and oxygen atoms in total. The Morgan fingerprint density at radius 3 is 2.43 bits per heavy atom. The largest absolute Gasteiger partial charge is 0.497 e. The molecule has 1 saturated heterocycles. The third-order valence-electron chi connectivity index (χ3n) is 7.00. The lowest BCUT2D eigenvalue weighted by molar-refractivity contribution is 0.151. The molecule has 0 amide bonds. The fourth-order valence-corrected chi connectivity index (χ4v) is 4.98. The Hall–Kier alpha value is -3.35. The average molecular weight is 471 g/mol. The van der Waals surface area contributed by atoms with Gasteiger partial charge in [-0.15, -0.1) is 0 Å². The van der Waals surface area contributed by atoms with Crippen LogP contribution < -0.4 is 9.47 Å². The summed E-state index contributed by atoms with van der Waals surface area (Å²) in [4.78, 5) is 9.57. The highest BCUT2D eigenvalue weighted by molar-refractivity contribution is 5.99. The van der Waals surface area contributed by atoms with Crippen molar-refractivity contribution in [3.8, 4) is 33.8 Å². The van der Waals surface area contributed by atoms with Crippen molar-refractivity contribution in [1.29, 1.82) is 0 Å². The maximum absolute atomic E-state index is 5.78. The summed E-state index contributed by atoms with van der Waals surface area (Å²) in [6.45, 7) is 6.68. The van der Waals surface area contributed by atoms with Gasteiger partial charge in [-0.2, -0.15) is 0 Å². The van der Waals surface area contributed by atoms with E-state index in [9.17, 15) is 0 Å². The Kier molecular flexibility index (Phi) is 7.02. The quantitative estimate of drug-likeness (QED) is 0.362. The van der Waals surface area contributed by atoms with E-state index in [0.29, 0.717) is 0 Å². The van der Waals surface area contributed by atoms with Gasteiger partial charge in [0.15, 0.2) is 0 Å². The van der Waals surface area contributed by atoms with Crippen molar-refractivity contribution in [3.05, 3.63) is 67.1 Å². The van der Waals surface area contributed by atoms with E-state index in [0.717, 1.165) is 79.4 Å². The summed E-state index contributed by atoms with van der Waals surface area (Å²) in [5, 5.41) is 1.19. The second kappa shape index (κ2) is 10.5. The van der Waals surface area contributed by atoms with Crippen molar-refractivity contribution in [2.75, 3.05) is 54.0 Å². The molecule has 2 aromatic carbocycles. The second-order valence-corrected chi connectivity index (χ2v) is 9.29. The first-order valence-corrected chi connectivity index (χ1v) is 12.3. The number of ether oxygens (including phenoxy) is 2. The van der Waals surface area contributed by atoms with E-state index in [1.54, 1.807) is 14.2 Å². The minimum atomic E-state index is 0.842. The number of pyridine rings is 1. The van der Waals surface area contributed by atoms with Crippen molar-refractivity contribution >= 4 is 10.9 Å². The molecule has 0 atom stereocenters. The van der Waals surface area contributed by atoms with E-state index in [1.165, 1.54) is 10.9 Å². The number of rotatable bonds is 8. The zero-order valence-corrected chi connectivity index (χ0v) is 20.9. The summed E-state index contributed by atoms with van der Waals surface area (Å²) in [7, 11) is 5.65. The van der Waals surface area contributed by atoms with Gasteiger partial charge in [0.1, 0.15) is 11.5 Å². The topological polar surface area (TPSA) is 42.8 Å². The summed E-state index contributed by atoms with van der Waals surface area (Å²) < 4.78 is 13.6. The van der Waals surface area contributed by atoms with Crippen LogP contribution in [0.5, 0.6) is 11.5 Å². The van der Waals surface area contributed by atoms with Crippen molar-refractivity contribution < 1.29 is 9.47 Å². The number of para-hydroxylation sites is 1. The van der Waals surface area contributed by atoms with Gasteiger partial charge in [0, 0.05) is 73.4 Å². The van der Waals surface area contributed by atoms with Crippen LogP contribution in [-0.4, -0.2) is 73.3 Å². The van der Waals surface area contributed by atoms with E-state index >= 15 is 0 Å². The van der Waals surface area contributed by atoms with Crippen molar-refractivity contribution in [1.82, 2.24) is 19.4 Å². The highest BCUT2D eigenvalue weighted by atomic mass is 16.5. The highest BCUT2D eigenvalue weighted by Gasteiger charge is 2.17. The molecule has 0 radical (unpaired) electrons. The van der Waals surface area contributed by atoms with Crippen molar-refractivity contribution in [3.63, 3.8) is 0 Å². The monoisotopic (exact) mass is 470 g/mol. The smallest absolute Gasteiger partial charge is 0.143 e. The van der Waals surface area contributed by atoms with Crippen LogP contribution >= 0.6 is 0 Å². The summed E-state index contributed by atoms with van der Waals surface area (Å²) in [5.41, 5.74) is 5.58. The number of likely N-dealkylation sites (N-methyl/N-ethyl adjacent to an activating group) is 1. The lowest BCUT2D eigenvalue weighted by atomic mass is 10.0. The van der Waals surface area contributed by atoms with Gasteiger partial charge < -0.3 is 23.8 Å². The molecule has 182 valence electrons. The van der Waals surface area contributed by atoms with Gasteiger partial charge in [-0.25, -0.2) is 0 Å². The molecule has 1 aliphatic heterocycles. The lowest BCUT2D eigenvalue weighted by Gasteiger charge is -2.32. The Balaban J connectivity index is 1.46. The molecule has 4 aromatic rings. The molecule has 2 aromatic heterocycles.